The number of hydrogen-bond acceptors (Lipinski definition) is 3. The van der Waals surface area contributed by atoms with Crippen LogP contribution in [0.25, 0.3) is 0 Å². The second kappa shape index (κ2) is 9.02. The van der Waals surface area contributed by atoms with Gasteiger partial charge in [-0.3, -0.25) is 9.59 Å². The number of ether oxygens (including phenoxy) is 1. The molecule has 128 valence electrons. The first-order valence-corrected chi connectivity index (χ1v) is 7.11. The average Bonchev–Trinajstić information content (AvgIpc) is 2.48. The Hall–Kier alpha value is -2.25. The zero-order chi connectivity index (χ0) is 17.3. The third-order valence-electron chi connectivity index (χ3n) is 2.89. The highest BCUT2D eigenvalue weighted by molar-refractivity contribution is 5.81. The third-order valence-corrected chi connectivity index (χ3v) is 2.89. The zero-order valence-electron chi connectivity index (χ0n) is 12.7. The van der Waals surface area contributed by atoms with E-state index in [-0.39, 0.29) is 25.4 Å². The molecule has 1 rings (SSSR count). The minimum absolute atomic E-state index is 0.0562. The second-order valence-corrected chi connectivity index (χ2v) is 4.82. The van der Waals surface area contributed by atoms with Crippen LogP contribution in [0.4, 0.5) is 13.2 Å². The molecule has 0 aliphatic carbocycles. The summed E-state index contributed by atoms with van der Waals surface area (Å²) in [5.41, 5.74) is 0.998. The molecular weight excluding hydrogens is 313 g/mol. The molecule has 1 aromatic carbocycles. The lowest BCUT2D eigenvalue weighted by Gasteiger charge is -2.10. The van der Waals surface area contributed by atoms with E-state index in [1.165, 1.54) is 0 Å². The van der Waals surface area contributed by atoms with Gasteiger partial charge in [0.25, 0.3) is 0 Å². The van der Waals surface area contributed by atoms with E-state index in [1.54, 1.807) is 5.32 Å². The zero-order valence-corrected chi connectivity index (χ0v) is 12.7. The molecule has 0 fully saturated rings. The molecule has 0 aromatic heterocycles. The fourth-order valence-electron chi connectivity index (χ4n) is 1.70. The predicted octanol–water partition coefficient (Wildman–Crippen LogP) is 1.95. The number of nitrogens with one attached hydrogen (secondary N) is 2. The van der Waals surface area contributed by atoms with Crippen LogP contribution in [0.3, 0.4) is 0 Å². The van der Waals surface area contributed by atoms with Crippen LogP contribution in [0.15, 0.2) is 24.3 Å². The minimum atomic E-state index is -4.91. The molecule has 2 amide bonds. The minimum Gasteiger partial charge on any atom is -0.493 e. The summed E-state index contributed by atoms with van der Waals surface area (Å²) < 4.78 is 41.2. The molecule has 1 aromatic rings. The Bertz CT molecular complexity index is 533. The fourth-order valence-corrected chi connectivity index (χ4v) is 1.70. The van der Waals surface area contributed by atoms with Crippen molar-refractivity contribution in [1.29, 1.82) is 0 Å². The summed E-state index contributed by atoms with van der Waals surface area (Å²) in [5, 5.41) is 4.09. The van der Waals surface area contributed by atoms with Gasteiger partial charge in [-0.2, -0.15) is 13.2 Å². The summed E-state index contributed by atoms with van der Waals surface area (Å²) in [6.07, 6.45) is -4.23. The normalized spacial score (nSPS) is 11.0. The van der Waals surface area contributed by atoms with Crippen molar-refractivity contribution in [3.05, 3.63) is 29.8 Å². The van der Waals surface area contributed by atoms with Crippen molar-refractivity contribution in [2.75, 3.05) is 19.7 Å². The molecule has 2 N–H and O–H groups in total. The topological polar surface area (TPSA) is 67.4 Å². The maximum atomic E-state index is 11.9. The van der Waals surface area contributed by atoms with Crippen LogP contribution in [0.2, 0.25) is 0 Å². The van der Waals surface area contributed by atoms with Gasteiger partial charge in [-0.05, 0) is 25.0 Å². The van der Waals surface area contributed by atoms with E-state index in [0.717, 1.165) is 11.3 Å². The lowest BCUT2D eigenvalue weighted by molar-refractivity contribution is -0.173. The van der Waals surface area contributed by atoms with Gasteiger partial charge in [-0.1, -0.05) is 18.2 Å². The highest BCUT2D eigenvalue weighted by Gasteiger charge is 2.38. The summed E-state index contributed by atoms with van der Waals surface area (Å²) >= 11 is 0. The lowest BCUT2D eigenvalue weighted by Crippen LogP contribution is -2.41. The number of halogens is 3. The second-order valence-electron chi connectivity index (χ2n) is 4.82. The Morgan fingerprint density at radius 1 is 1.13 bits per heavy atom. The van der Waals surface area contributed by atoms with Crippen LogP contribution >= 0.6 is 0 Å². The first kappa shape index (κ1) is 18.8. The van der Waals surface area contributed by atoms with Crippen molar-refractivity contribution in [2.45, 2.75) is 25.9 Å². The van der Waals surface area contributed by atoms with Crippen LogP contribution in [-0.2, 0) is 9.59 Å². The van der Waals surface area contributed by atoms with Gasteiger partial charge in [0.1, 0.15) is 5.75 Å². The smallest absolute Gasteiger partial charge is 0.471 e. The average molecular weight is 332 g/mol. The van der Waals surface area contributed by atoms with Gasteiger partial charge in [0, 0.05) is 19.5 Å². The van der Waals surface area contributed by atoms with E-state index in [0.29, 0.717) is 13.0 Å². The van der Waals surface area contributed by atoms with Crippen LogP contribution in [0.5, 0.6) is 5.75 Å². The quantitative estimate of drug-likeness (QED) is 0.715. The number of rotatable bonds is 8. The van der Waals surface area contributed by atoms with Crippen LogP contribution in [0, 0.1) is 6.92 Å². The molecule has 0 spiro atoms. The molecule has 0 aliphatic rings. The number of hydrogen-bond donors (Lipinski definition) is 2. The van der Waals surface area contributed by atoms with Crippen molar-refractivity contribution >= 4 is 11.8 Å². The molecule has 0 bridgehead atoms. The summed E-state index contributed by atoms with van der Waals surface area (Å²) in [7, 11) is 0. The SMILES string of the molecule is Cc1ccccc1OCCCC(=O)NCCNC(=O)C(F)(F)F. The Balaban J connectivity index is 2.09. The Morgan fingerprint density at radius 3 is 2.43 bits per heavy atom. The number of carbonyl (C=O) groups excluding carboxylic acids is 2. The van der Waals surface area contributed by atoms with Crippen molar-refractivity contribution in [1.82, 2.24) is 10.6 Å². The molecular formula is C15H19F3N2O3. The molecule has 5 nitrogen and oxygen atoms in total. The van der Waals surface area contributed by atoms with Gasteiger partial charge in [0.2, 0.25) is 5.91 Å². The predicted molar refractivity (Wildman–Crippen MR) is 78.0 cm³/mol. The van der Waals surface area contributed by atoms with Crippen molar-refractivity contribution in [2.24, 2.45) is 0 Å². The highest BCUT2D eigenvalue weighted by atomic mass is 19.4. The van der Waals surface area contributed by atoms with E-state index in [2.05, 4.69) is 5.32 Å². The van der Waals surface area contributed by atoms with Crippen molar-refractivity contribution < 1.29 is 27.5 Å². The number of carbonyl (C=O) groups is 2. The van der Waals surface area contributed by atoms with Crippen LogP contribution in [-0.4, -0.2) is 37.7 Å². The lowest BCUT2D eigenvalue weighted by atomic mass is 10.2. The molecule has 0 saturated carbocycles. The molecule has 8 heteroatoms. The van der Waals surface area contributed by atoms with E-state index >= 15 is 0 Å². The van der Waals surface area contributed by atoms with Gasteiger partial charge in [-0.25, -0.2) is 0 Å². The highest BCUT2D eigenvalue weighted by Crippen LogP contribution is 2.16. The summed E-state index contributed by atoms with van der Waals surface area (Å²) in [6.45, 7) is 1.95. The monoisotopic (exact) mass is 332 g/mol. The number of aryl methyl sites for hydroxylation is 1. The van der Waals surface area contributed by atoms with Crippen molar-refractivity contribution in [3.63, 3.8) is 0 Å². The maximum Gasteiger partial charge on any atom is 0.471 e. The molecule has 0 unspecified atom stereocenters. The third kappa shape index (κ3) is 7.53. The molecule has 23 heavy (non-hydrogen) atoms. The van der Waals surface area contributed by atoms with Crippen molar-refractivity contribution in [3.8, 4) is 5.75 Å². The van der Waals surface area contributed by atoms with Gasteiger partial charge in [-0.15, -0.1) is 0 Å². The first-order valence-electron chi connectivity index (χ1n) is 7.11. The Kier molecular flexibility index (Phi) is 7.37. The van der Waals surface area contributed by atoms with Gasteiger partial charge in [0.05, 0.1) is 6.61 Å². The maximum absolute atomic E-state index is 11.9. The van der Waals surface area contributed by atoms with Crippen LogP contribution < -0.4 is 15.4 Å². The molecule has 0 atom stereocenters. The number of alkyl halides is 3. The van der Waals surface area contributed by atoms with Gasteiger partial charge in [0.15, 0.2) is 0 Å². The molecule has 0 radical (unpaired) electrons. The largest absolute Gasteiger partial charge is 0.493 e. The van der Waals surface area contributed by atoms with E-state index in [1.807, 2.05) is 31.2 Å². The van der Waals surface area contributed by atoms with E-state index < -0.39 is 12.1 Å². The van der Waals surface area contributed by atoms with Gasteiger partial charge < -0.3 is 15.4 Å². The standard InChI is InChI=1S/C15H19F3N2O3/c1-11-5-2-3-6-12(11)23-10-4-7-13(21)19-8-9-20-14(22)15(16,17)18/h2-3,5-6H,4,7-10H2,1H3,(H,19,21)(H,20,22). The molecule has 0 heterocycles. The summed E-state index contributed by atoms with van der Waals surface area (Å²) in [5.74, 6) is -1.57. The summed E-state index contributed by atoms with van der Waals surface area (Å²) in [4.78, 5) is 22.0. The number of para-hydroxylation sites is 1. The van der Waals surface area contributed by atoms with E-state index in [4.69, 9.17) is 4.74 Å². The molecule has 0 aliphatic heterocycles. The number of benzene rings is 1. The molecule has 0 saturated heterocycles. The van der Waals surface area contributed by atoms with Gasteiger partial charge >= 0.3 is 12.1 Å². The van der Waals surface area contributed by atoms with Crippen LogP contribution in [0.1, 0.15) is 18.4 Å². The van der Waals surface area contributed by atoms with E-state index in [9.17, 15) is 22.8 Å². The summed E-state index contributed by atoms with van der Waals surface area (Å²) in [6, 6.07) is 7.49. The number of amides is 2. The Morgan fingerprint density at radius 2 is 1.78 bits per heavy atom. The first-order chi connectivity index (χ1) is 10.8. The Labute approximate surface area is 132 Å². The fraction of sp³-hybridized carbons (Fsp3) is 0.467.